The normalized spacial score (nSPS) is 11.9. The first-order valence-corrected chi connectivity index (χ1v) is 11.6. The van der Waals surface area contributed by atoms with Gasteiger partial charge in [-0.05, 0) is 66.6 Å². The van der Waals surface area contributed by atoms with E-state index in [9.17, 15) is 0 Å². The molecule has 4 heteroatoms. The fraction of sp³-hybridized carbons (Fsp3) is 0.100. The highest BCUT2D eigenvalue weighted by Crippen LogP contribution is 2.35. The number of para-hydroxylation sites is 1. The molecule has 0 unspecified atom stereocenters. The number of aromatic nitrogens is 1. The lowest BCUT2D eigenvalue weighted by Crippen LogP contribution is -2.02. The molecule has 0 aliphatic heterocycles. The van der Waals surface area contributed by atoms with Crippen molar-refractivity contribution in [1.29, 1.82) is 0 Å². The van der Waals surface area contributed by atoms with E-state index in [0.29, 0.717) is 11.6 Å². The van der Waals surface area contributed by atoms with Crippen LogP contribution in [-0.4, -0.2) is 10.3 Å². The van der Waals surface area contributed by atoms with Gasteiger partial charge in [0.1, 0.15) is 0 Å². The molecule has 0 aliphatic rings. The van der Waals surface area contributed by atoms with Crippen LogP contribution in [0.4, 0.5) is 11.4 Å². The summed E-state index contributed by atoms with van der Waals surface area (Å²) in [6.45, 7) is 12.8. The summed E-state index contributed by atoms with van der Waals surface area (Å²) in [6.07, 6.45) is 0. The van der Waals surface area contributed by atoms with Gasteiger partial charge in [0, 0.05) is 22.2 Å². The summed E-state index contributed by atoms with van der Waals surface area (Å²) in [7, 11) is 0. The lowest BCUT2D eigenvalue weighted by Gasteiger charge is -2.11. The number of nitrogens with one attached hydrogen (secondary N) is 1. The van der Waals surface area contributed by atoms with Crippen LogP contribution in [0, 0.1) is 0 Å². The Morgan fingerprint density at radius 2 is 1.53 bits per heavy atom. The maximum absolute atomic E-state index is 6.39. The second-order valence-corrected chi connectivity index (χ2v) is 9.09. The predicted molar refractivity (Wildman–Crippen MR) is 149 cm³/mol. The van der Waals surface area contributed by atoms with Gasteiger partial charge in [-0.2, -0.15) is 0 Å². The molecule has 4 aromatic carbocycles. The molecule has 0 amide bonds. The molecule has 1 N–H and O–H groups in total. The molecule has 5 rings (SSSR count). The minimum absolute atomic E-state index is 0.582. The van der Waals surface area contributed by atoms with Crippen LogP contribution in [0.2, 0.25) is 5.02 Å². The molecule has 0 bridgehead atoms. The van der Waals surface area contributed by atoms with Gasteiger partial charge in [-0.15, -0.1) is 0 Å². The molecular formula is C30H26ClN3. The third-order valence-corrected chi connectivity index (χ3v) is 6.50. The second-order valence-electron chi connectivity index (χ2n) is 8.68. The van der Waals surface area contributed by atoms with Gasteiger partial charge in [0.25, 0.3) is 0 Å². The largest absolute Gasteiger partial charge is 0.354 e. The van der Waals surface area contributed by atoms with Crippen LogP contribution in [0.1, 0.15) is 13.8 Å². The van der Waals surface area contributed by atoms with Crippen molar-refractivity contribution in [2.45, 2.75) is 20.4 Å². The third kappa shape index (κ3) is 4.11. The Morgan fingerprint density at radius 3 is 2.26 bits per heavy atom. The van der Waals surface area contributed by atoms with Crippen LogP contribution in [-0.2, 0) is 6.54 Å². The first-order chi connectivity index (χ1) is 16.4. The number of halogens is 1. The predicted octanol–water partition coefficient (Wildman–Crippen LogP) is 8.90. The zero-order chi connectivity index (χ0) is 23.8. The monoisotopic (exact) mass is 463 g/mol. The number of fused-ring (bicyclic) bond motifs is 4. The topological polar surface area (TPSA) is 29.3 Å². The van der Waals surface area contributed by atoms with E-state index in [4.69, 9.17) is 16.6 Å². The van der Waals surface area contributed by atoms with Crippen LogP contribution in [0.5, 0.6) is 0 Å². The molecule has 0 atom stereocenters. The van der Waals surface area contributed by atoms with Gasteiger partial charge in [-0.1, -0.05) is 67.2 Å². The molecule has 168 valence electrons. The molecule has 0 radical (unpaired) electrons. The third-order valence-electron chi connectivity index (χ3n) is 6.17. The first kappa shape index (κ1) is 22.0. The van der Waals surface area contributed by atoms with Crippen molar-refractivity contribution in [1.82, 2.24) is 4.57 Å². The Morgan fingerprint density at radius 1 is 0.853 bits per heavy atom. The Bertz CT molecular complexity index is 1620. The number of aliphatic imine (C=N–C) groups is 1. The van der Waals surface area contributed by atoms with E-state index in [1.165, 1.54) is 21.5 Å². The highest BCUT2D eigenvalue weighted by molar-refractivity contribution is 6.33. The maximum Gasteiger partial charge on any atom is 0.0648 e. The number of hydrogen-bond acceptors (Lipinski definition) is 2. The van der Waals surface area contributed by atoms with E-state index >= 15 is 0 Å². The van der Waals surface area contributed by atoms with Crippen LogP contribution >= 0.6 is 11.6 Å². The van der Waals surface area contributed by atoms with Crippen LogP contribution < -0.4 is 5.32 Å². The van der Waals surface area contributed by atoms with Crippen LogP contribution in [0.25, 0.3) is 32.6 Å². The standard InChI is InChI=1S/C30H26ClN3/c1-19(2)21(4)32-20(3)18-34-29-16-23-10-6-5-9-22(23)15-26(29)25-14-13-24(17-30(25)34)33-28-12-8-7-11-27(28)31/h5-17,33H,1,3,18H2,2,4H3. The molecule has 0 saturated carbocycles. The van der Waals surface area contributed by atoms with Crippen molar-refractivity contribution in [2.75, 3.05) is 5.32 Å². The Hall–Kier alpha value is -3.82. The van der Waals surface area contributed by atoms with E-state index in [2.05, 4.69) is 77.6 Å². The highest BCUT2D eigenvalue weighted by atomic mass is 35.5. The van der Waals surface area contributed by atoms with Crippen LogP contribution in [0.15, 0.2) is 108 Å². The molecule has 0 saturated heterocycles. The maximum atomic E-state index is 6.39. The van der Waals surface area contributed by atoms with Crippen molar-refractivity contribution in [2.24, 2.45) is 4.99 Å². The summed E-state index contributed by atoms with van der Waals surface area (Å²) in [5.74, 6) is 0. The molecule has 34 heavy (non-hydrogen) atoms. The molecule has 1 heterocycles. The van der Waals surface area contributed by atoms with Gasteiger partial charge >= 0.3 is 0 Å². The number of allylic oxidation sites excluding steroid dienone is 2. The molecule has 5 aromatic rings. The quantitative estimate of drug-likeness (QED) is 0.250. The summed E-state index contributed by atoms with van der Waals surface area (Å²) in [5, 5.41) is 8.99. The van der Waals surface area contributed by atoms with Gasteiger partial charge < -0.3 is 9.88 Å². The number of benzene rings is 4. The van der Waals surface area contributed by atoms with E-state index in [1.807, 2.05) is 38.1 Å². The van der Waals surface area contributed by atoms with Gasteiger partial charge in [0.15, 0.2) is 0 Å². The Kier molecular flexibility index (Phi) is 5.72. The molecule has 0 spiro atoms. The highest BCUT2D eigenvalue weighted by Gasteiger charge is 2.14. The van der Waals surface area contributed by atoms with E-state index in [1.54, 1.807) is 0 Å². The zero-order valence-corrected chi connectivity index (χ0v) is 20.2. The SMILES string of the molecule is C=C(Cn1c2cc(Nc3ccccc3Cl)ccc2c2cc3ccccc3cc21)N=C(C)C(=C)C. The van der Waals surface area contributed by atoms with Gasteiger partial charge in [-0.25, -0.2) is 0 Å². The summed E-state index contributed by atoms with van der Waals surface area (Å²) < 4.78 is 2.30. The lowest BCUT2D eigenvalue weighted by molar-refractivity contribution is 0.842. The van der Waals surface area contributed by atoms with Crippen molar-refractivity contribution in [3.05, 3.63) is 108 Å². The smallest absolute Gasteiger partial charge is 0.0648 e. The lowest BCUT2D eigenvalue weighted by atomic mass is 10.1. The van der Waals surface area contributed by atoms with E-state index < -0.39 is 0 Å². The van der Waals surface area contributed by atoms with Crippen molar-refractivity contribution in [3.63, 3.8) is 0 Å². The average molecular weight is 464 g/mol. The first-order valence-electron chi connectivity index (χ1n) is 11.3. The molecule has 0 fully saturated rings. The summed E-state index contributed by atoms with van der Waals surface area (Å²) in [5.41, 5.74) is 6.76. The summed E-state index contributed by atoms with van der Waals surface area (Å²) in [6, 6.07) is 27.2. The van der Waals surface area contributed by atoms with E-state index in [-0.39, 0.29) is 0 Å². The molecule has 1 aromatic heterocycles. The van der Waals surface area contributed by atoms with E-state index in [0.717, 1.165) is 39.4 Å². The van der Waals surface area contributed by atoms with Crippen molar-refractivity contribution < 1.29 is 0 Å². The van der Waals surface area contributed by atoms with Gasteiger partial charge in [0.2, 0.25) is 0 Å². The fourth-order valence-electron chi connectivity index (χ4n) is 4.30. The summed E-state index contributed by atoms with van der Waals surface area (Å²) >= 11 is 6.39. The Labute approximate surface area is 204 Å². The minimum Gasteiger partial charge on any atom is -0.354 e. The number of rotatable bonds is 6. The zero-order valence-electron chi connectivity index (χ0n) is 19.4. The molecule has 3 nitrogen and oxygen atoms in total. The molecular weight excluding hydrogens is 438 g/mol. The summed E-state index contributed by atoms with van der Waals surface area (Å²) in [4.78, 5) is 4.70. The van der Waals surface area contributed by atoms with Gasteiger partial charge in [-0.3, -0.25) is 4.99 Å². The molecule has 0 aliphatic carbocycles. The average Bonchev–Trinajstić information content (AvgIpc) is 3.11. The van der Waals surface area contributed by atoms with Crippen molar-refractivity contribution in [3.8, 4) is 0 Å². The van der Waals surface area contributed by atoms with Crippen LogP contribution in [0.3, 0.4) is 0 Å². The van der Waals surface area contributed by atoms with Crippen molar-refractivity contribution >= 4 is 61.3 Å². The number of anilines is 2. The minimum atomic E-state index is 0.582. The fourth-order valence-corrected chi connectivity index (χ4v) is 4.48. The Balaban J connectivity index is 1.69. The second kappa shape index (κ2) is 8.85. The number of nitrogens with zero attached hydrogens (tertiary/aromatic N) is 2. The van der Waals surface area contributed by atoms with Gasteiger partial charge in [0.05, 0.1) is 34.0 Å². The number of hydrogen-bond donors (Lipinski definition) is 1.